The van der Waals surface area contributed by atoms with Gasteiger partial charge >= 0.3 is 0 Å². The number of aromatic nitrogens is 3. The molecule has 0 bridgehead atoms. The summed E-state index contributed by atoms with van der Waals surface area (Å²) in [5.74, 6) is 1.07. The second kappa shape index (κ2) is 6.28. The highest BCUT2D eigenvalue weighted by atomic mass is 32.2. The van der Waals surface area contributed by atoms with Crippen molar-refractivity contribution in [3.05, 3.63) is 39.9 Å². The second-order valence-electron chi connectivity index (χ2n) is 5.54. The van der Waals surface area contributed by atoms with Crippen molar-refractivity contribution in [2.24, 2.45) is 5.92 Å². The average Bonchev–Trinajstić information content (AvgIpc) is 3.05. The molecule has 0 saturated carbocycles. The molecule has 0 radical (unpaired) electrons. The van der Waals surface area contributed by atoms with E-state index in [1.54, 1.807) is 11.8 Å². The quantitative estimate of drug-likeness (QED) is 0.773. The highest BCUT2D eigenvalue weighted by molar-refractivity contribution is 8.03. The molecule has 3 heterocycles. The number of fused-ring (bicyclic) bond motifs is 1. The highest BCUT2D eigenvalue weighted by Crippen LogP contribution is 2.31. The Kier molecular flexibility index (Phi) is 4.37. The number of aromatic amines is 2. The summed E-state index contributed by atoms with van der Waals surface area (Å²) >= 11 is 1.70. The van der Waals surface area contributed by atoms with Crippen molar-refractivity contribution < 1.29 is 5.11 Å². The third-order valence-electron chi connectivity index (χ3n) is 4.05. The van der Waals surface area contributed by atoms with Gasteiger partial charge < -0.3 is 15.1 Å². The molecule has 3 rings (SSSR count). The van der Waals surface area contributed by atoms with Gasteiger partial charge in [-0.3, -0.25) is 9.69 Å². The smallest absolute Gasteiger partial charge is 0.275 e. The van der Waals surface area contributed by atoms with Crippen LogP contribution in [0.25, 0.3) is 11.0 Å². The zero-order valence-corrected chi connectivity index (χ0v) is 13.3. The van der Waals surface area contributed by atoms with Crippen LogP contribution in [0.3, 0.4) is 0 Å². The number of likely N-dealkylation sites (tertiary alicyclic amines) is 1. The fourth-order valence-electron chi connectivity index (χ4n) is 2.97. The maximum Gasteiger partial charge on any atom is 0.275 e. The molecule has 2 aromatic rings. The first-order valence-electron chi connectivity index (χ1n) is 7.35. The molecular weight excluding hydrogens is 300 g/mol. The third-order valence-corrected chi connectivity index (χ3v) is 5.01. The lowest BCUT2D eigenvalue weighted by atomic mass is 10.1. The Bertz CT molecular complexity index is 738. The fourth-order valence-corrected chi connectivity index (χ4v) is 3.79. The van der Waals surface area contributed by atoms with Crippen LogP contribution in [0.1, 0.15) is 12.5 Å². The molecule has 0 amide bonds. The van der Waals surface area contributed by atoms with Crippen molar-refractivity contribution in [2.75, 3.05) is 18.8 Å². The summed E-state index contributed by atoms with van der Waals surface area (Å²) in [6, 6.07) is 0. The summed E-state index contributed by atoms with van der Waals surface area (Å²) in [6.45, 7) is 8.23. The lowest BCUT2D eigenvalue weighted by Gasteiger charge is -2.16. The summed E-state index contributed by atoms with van der Waals surface area (Å²) in [5, 5.41) is 10.2. The van der Waals surface area contributed by atoms with Gasteiger partial charge in [-0.05, 0) is 10.7 Å². The largest absolute Gasteiger partial charge is 0.391 e. The minimum atomic E-state index is -0.381. The van der Waals surface area contributed by atoms with Gasteiger partial charge in [0.2, 0.25) is 0 Å². The molecular formula is C15H20N4O2S. The summed E-state index contributed by atoms with van der Waals surface area (Å²) in [6.07, 6.45) is 2.86. The molecule has 6 nitrogen and oxygen atoms in total. The first-order chi connectivity index (χ1) is 10.6. The lowest BCUT2D eigenvalue weighted by Crippen LogP contribution is -2.21. The van der Waals surface area contributed by atoms with Gasteiger partial charge in [0.15, 0.2) is 0 Å². The van der Waals surface area contributed by atoms with Crippen molar-refractivity contribution in [1.82, 2.24) is 19.9 Å². The lowest BCUT2D eigenvalue weighted by molar-refractivity contribution is 0.155. The minimum Gasteiger partial charge on any atom is -0.391 e. The van der Waals surface area contributed by atoms with Gasteiger partial charge in [-0.1, -0.05) is 13.5 Å². The molecule has 2 aromatic heterocycles. The topological polar surface area (TPSA) is 85.0 Å². The predicted octanol–water partition coefficient (Wildman–Crippen LogP) is 1.31. The van der Waals surface area contributed by atoms with Crippen LogP contribution in [-0.2, 0) is 6.54 Å². The van der Waals surface area contributed by atoms with Crippen molar-refractivity contribution in [3.8, 4) is 0 Å². The molecule has 22 heavy (non-hydrogen) atoms. The molecule has 1 aliphatic rings. The molecule has 0 spiro atoms. The number of nitrogens with zero attached hydrogens (tertiary/aromatic N) is 2. The summed E-state index contributed by atoms with van der Waals surface area (Å²) in [7, 11) is 0. The Balaban J connectivity index is 1.75. The Labute approximate surface area is 132 Å². The molecule has 0 aliphatic carbocycles. The molecule has 1 fully saturated rings. The van der Waals surface area contributed by atoms with E-state index in [0.29, 0.717) is 24.1 Å². The molecule has 7 heteroatoms. The number of H-pyrrole nitrogens is 2. The number of hydrogen-bond acceptors (Lipinski definition) is 5. The monoisotopic (exact) mass is 320 g/mol. The van der Waals surface area contributed by atoms with E-state index in [-0.39, 0.29) is 17.6 Å². The zero-order chi connectivity index (χ0) is 15.7. The molecule has 2 unspecified atom stereocenters. The van der Waals surface area contributed by atoms with E-state index in [2.05, 4.69) is 33.4 Å². The van der Waals surface area contributed by atoms with Crippen LogP contribution < -0.4 is 5.56 Å². The number of thioether (sulfide) groups is 1. The summed E-state index contributed by atoms with van der Waals surface area (Å²) < 4.78 is 0. The van der Waals surface area contributed by atoms with Crippen LogP contribution in [0.15, 0.2) is 28.8 Å². The van der Waals surface area contributed by atoms with Gasteiger partial charge in [0.25, 0.3) is 5.56 Å². The summed E-state index contributed by atoms with van der Waals surface area (Å²) in [5.41, 5.74) is 2.01. The van der Waals surface area contributed by atoms with E-state index < -0.39 is 0 Å². The highest BCUT2D eigenvalue weighted by Gasteiger charge is 2.33. The van der Waals surface area contributed by atoms with Gasteiger partial charge in [0, 0.05) is 37.3 Å². The normalized spacial score (nSPS) is 22.5. The standard InChI is InChI=1S/C15H20N4O2S/c1-3-22-9(2)11-6-19(7-12(11)20)5-10-4-16-14-13(10)17-8-18-15(14)21/h4,8,11-12,16,20H,2-3,5-7H2,1H3,(H,17,18,21). The number of aliphatic hydroxyl groups excluding tert-OH is 1. The van der Waals surface area contributed by atoms with Crippen molar-refractivity contribution in [3.63, 3.8) is 0 Å². The summed E-state index contributed by atoms with van der Waals surface area (Å²) in [4.78, 5) is 24.7. The average molecular weight is 320 g/mol. The molecule has 2 atom stereocenters. The fraction of sp³-hybridized carbons (Fsp3) is 0.467. The molecule has 0 aromatic carbocycles. The van der Waals surface area contributed by atoms with Crippen molar-refractivity contribution in [1.29, 1.82) is 0 Å². The van der Waals surface area contributed by atoms with E-state index in [1.165, 1.54) is 6.33 Å². The van der Waals surface area contributed by atoms with Crippen LogP contribution in [0.5, 0.6) is 0 Å². The SMILES string of the molecule is C=C(SCC)C1CN(Cc2c[nH]c3c(=O)[nH]cnc23)CC1O. The second-order valence-corrected chi connectivity index (χ2v) is 6.93. The van der Waals surface area contributed by atoms with Gasteiger partial charge in [0.05, 0.1) is 17.9 Å². The van der Waals surface area contributed by atoms with Crippen LogP contribution in [-0.4, -0.2) is 49.9 Å². The van der Waals surface area contributed by atoms with Gasteiger partial charge in [-0.2, -0.15) is 0 Å². The van der Waals surface area contributed by atoms with Crippen molar-refractivity contribution >= 4 is 22.8 Å². The Morgan fingerprint density at radius 3 is 3.14 bits per heavy atom. The van der Waals surface area contributed by atoms with Crippen LogP contribution >= 0.6 is 11.8 Å². The number of rotatable bonds is 5. The van der Waals surface area contributed by atoms with E-state index in [0.717, 1.165) is 22.8 Å². The maximum atomic E-state index is 11.7. The Hall–Kier alpha value is -1.57. The van der Waals surface area contributed by atoms with E-state index >= 15 is 0 Å². The van der Waals surface area contributed by atoms with E-state index in [4.69, 9.17) is 0 Å². The Morgan fingerprint density at radius 1 is 1.55 bits per heavy atom. The van der Waals surface area contributed by atoms with Gasteiger partial charge in [-0.15, -0.1) is 11.8 Å². The molecule has 1 aliphatic heterocycles. The first-order valence-corrected chi connectivity index (χ1v) is 8.34. The van der Waals surface area contributed by atoms with Crippen LogP contribution in [0, 0.1) is 5.92 Å². The molecule has 118 valence electrons. The van der Waals surface area contributed by atoms with E-state index in [9.17, 15) is 9.90 Å². The van der Waals surface area contributed by atoms with Gasteiger partial charge in [0.1, 0.15) is 5.52 Å². The van der Waals surface area contributed by atoms with Crippen LogP contribution in [0.2, 0.25) is 0 Å². The number of aliphatic hydroxyl groups is 1. The number of β-amino-alcohol motifs (C(OH)–C–C–N with tert-alkyl or cyclic N) is 1. The number of hydrogen-bond donors (Lipinski definition) is 3. The van der Waals surface area contributed by atoms with Crippen LogP contribution in [0.4, 0.5) is 0 Å². The van der Waals surface area contributed by atoms with Gasteiger partial charge in [-0.25, -0.2) is 4.98 Å². The maximum absolute atomic E-state index is 11.7. The predicted molar refractivity (Wildman–Crippen MR) is 88.8 cm³/mol. The van der Waals surface area contributed by atoms with E-state index in [1.807, 2.05) is 6.20 Å². The zero-order valence-electron chi connectivity index (χ0n) is 12.5. The Morgan fingerprint density at radius 2 is 2.36 bits per heavy atom. The molecule has 3 N–H and O–H groups in total. The molecule has 1 saturated heterocycles. The minimum absolute atomic E-state index is 0.103. The van der Waals surface area contributed by atoms with Crippen molar-refractivity contribution in [2.45, 2.75) is 19.6 Å². The first kappa shape index (κ1) is 15.3. The third kappa shape index (κ3) is 2.84. The number of nitrogens with one attached hydrogen (secondary N) is 2.